The Morgan fingerprint density at radius 1 is 1.14 bits per heavy atom. The number of para-hydroxylation sites is 3. The summed E-state index contributed by atoms with van der Waals surface area (Å²) in [5.41, 5.74) is 1.10. The highest BCUT2D eigenvalue weighted by Crippen LogP contribution is 2.32. The fourth-order valence-corrected chi connectivity index (χ4v) is 3.89. The molecule has 6 heteroatoms. The third kappa shape index (κ3) is 3.92. The van der Waals surface area contributed by atoms with Crippen molar-refractivity contribution < 1.29 is 19.0 Å². The van der Waals surface area contributed by atoms with E-state index in [1.807, 2.05) is 42.5 Å². The molecule has 6 nitrogen and oxygen atoms in total. The number of carbonyl (C=O) groups excluding carboxylic acids is 1. The zero-order valence-corrected chi connectivity index (χ0v) is 16.1. The molecule has 2 heterocycles. The summed E-state index contributed by atoms with van der Waals surface area (Å²) in [6.07, 6.45) is 1.71. The Kier molecular flexibility index (Phi) is 5.67. The molecule has 28 heavy (non-hydrogen) atoms. The molecule has 2 aliphatic heterocycles. The highest BCUT2D eigenvalue weighted by atomic mass is 16.6. The molecule has 2 aromatic rings. The summed E-state index contributed by atoms with van der Waals surface area (Å²) in [6, 6.07) is 15.5. The second-order valence-electron chi connectivity index (χ2n) is 7.11. The molecular formula is C22H26N2O4. The van der Waals surface area contributed by atoms with E-state index in [0.29, 0.717) is 18.0 Å². The van der Waals surface area contributed by atoms with Crippen LogP contribution in [0.5, 0.6) is 17.2 Å². The summed E-state index contributed by atoms with van der Waals surface area (Å²) >= 11 is 0. The standard InChI is InChI=1S/C22H26N2O4/c1-26-18-9-3-2-8-16(18)17(24-12-6-7-13-24)14-23-22(25)21-15-27-19-10-4-5-11-20(19)28-21/h2-5,8-11,17,21H,6-7,12-15H2,1H3,(H,23,25)/t17-,21+/m1/s1. The van der Waals surface area contributed by atoms with Crippen LogP contribution >= 0.6 is 0 Å². The summed E-state index contributed by atoms with van der Waals surface area (Å²) in [6.45, 7) is 2.76. The van der Waals surface area contributed by atoms with Gasteiger partial charge in [0.1, 0.15) is 12.4 Å². The summed E-state index contributed by atoms with van der Waals surface area (Å²) in [5.74, 6) is 1.97. The van der Waals surface area contributed by atoms with Gasteiger partial charge in [0.15, 0.2) is 11.5 Å². The van der Waals surface area contributed by atoms with Crippen LogP contribution < -0.4 is 19.5 Å². The molecule has 1 N–H and O–H groups in total. The third-order valence-electron chi connectivity index (χ3n) is 5.35. The Labute approximate surface area is 165 Å². The lowest BCUT2D eigenvalue weighted by molar-refractivity contribution is -0.130. The van der Waals surface area contributed by atoms with Gasteiger partial charge < -0.3 is 19.5 Å². The van der Waals surface area contributed by atoms with E-state index in [2.05, 4.69) is 16.3 Å². The Hall–Kier alpha value is -2.73. The zero-order chi connectivity index (χ0) is 19.3. The van der Waals surface area contributed by atoms with Gasteiger partial charge in [-0.2, -0.15) is 0 Å². The highest BCUT2D eigenvalue weighted by molar-refractivity contribution is 5.81. The largest absolute Gasteiger partial charge is 0.496 e. The first-order valence-corrected chi connectivity index (χ1v) is 9.79. The Bertz CT molecular complexity index is 820. The molecule has 2 aliphatic rings. The van der Waals surface area contributed by atoms with Gasteiger partial charge in [-0.15, -0.1) is 0 Å². The van der Waals surface area contributed by atoms with E-state index in [4.69, 9.17) is 14.2 Å². The lowest BCUT2D eigenvalue weighted by Gasteiger charge is -2.30. The summed E-state index contributed by atoms with van der Waals surface area (Å²) in [7, 11) is 1.68. The predicted octanol–water partition coefficient (Wildman–Crippen LogP) is 2.79. The minimum atomic E-state index is -0.646. The fraction of sp³-hybridized carbons (Fsp3) is 0.409. The van der Waals surface area contributed by atoms with Crippen LogP contribution in [0.25, 0.3) is 0 Å². The van der Waals surface area contributed by atoms with Crippen molar-refractivity contribution in [2.45, 2.75) is 25.0 Å². The second-order valence-corrected chi connectivity index (χ2v) is 7.11. The molecule has 1 saturated heterocycles. The first-order chi connectivity index (χ1) is 13.8. The van der Waals surface area contributed by atoms with Crippen molar-refractivity contribution in [2.75, 3.05) is 33.4 Å². The maximum Gasteiger partial charge on any atom is 0.264 e. The number of amides is 1. The molecular weight excluding hydrogens is 356 g/mol. The predicted molar refractivity (Wildman–Crippen MR) is 106 cm³/mol. The molecule has 148 valence electrons. The number of likely N-dealkylation sites (tertiary alicyclic amines) is 1. The summed E-state index contributed by atoms with van der Waals surface area (Å²) in [4.78, 5) is 15.2. The van der Waals surface area contributed by atoms with E-state index in [9.17, 15) is 4.79 Å². The summed E-state index contributed by atoms with van der Waals surface area (Å²) < 4.78 is 17.1. The number of hydrogen-bond acceptors (Lipinski definition) is 5. The molecule has 4 rings (SSSR count). The zero-order valence-electron chi connectivity index (χ0n) is 16.1. The van der Waals surface area contributed by atoms with Crippen LogP contribution in [0.15, 0.2) is 48.5 Å². The van der Waals surface area contributed by atoms with E-state index >= 15 is 0 Å². The van der Waals surface area contributed by atoms with E-state index in [-0.39, 0.29) is 18.6 Å². The second kappa shape index (κ2) is 8.52. The van der Waals surface area contributed by atoms with Crippen LogP contribution in [0.2, 0.25) is 0 Å². The molecule has 0 bridgehead atoms. The molecule has 0 aromatic heterocycles. The molecule has 1 fully saturated rings. The minimum absolute atomic E-state index is 0.0689. The normalized spacial score (nSPS) is 19.8. The van der Waals surface area contributed by atoms with Gasteiger partial charge in [-0.3, -0.25) is 9.69 Å². The van der Waals surface area contributed by atoms with E-state index in [0.717, 1.165) is 24.4 Å². The number of hydrogen-bond donors (Lipinski definition) is 1. The highest BCUT2D eigenvalue weighted by Gasteiger charge is 2.30. The van der Waals surface area contributed by atoms with Crippen LogP contribution in [-0.2, 0) is 4.79 Å². The van der Waals surface area contributed by atoms with Gasteiger partial charge in [0.2, 0.25) is 6.10 Å². The molecule has 2 aromatic carbocycles. The molecule has 0 aliphatic carbocycles. The monoisotopic (exact) mass is 382 g/mol. The van der Waals surface area contributed by atoms with Crippen molar-refractivity contribution in [1.29, 1.82) is 0 Å². The van der Waals surface area contributed by atoms with Gasteiger partial charge in [-0.25, -0.2) is 0 Å². The molecule has 0 radical (unpaired) electrons. The van der Waals surface area contributed by atoms with Gasteiger partial charge in [0.05, 0.1) is 13.2 Å². The van der Waals surface area contributed by atoms with Gasteiger partial charge in [-0.05, 0) is 44.1 Å². The Morgan fingerprint density at radius 3 is 2.64 bits per heavy atom. The van der Waals surface area contributed by atoms with Crippen molar-refractivity contribution >= 4 is 5.91 Å². The van der Waals surface area contributed by atoms with E-state index < -0.39 is 6.10 Å². The summed E-state index contributed by atoms with van der Waals surface area (Å²) in [5, 5.41) is 3.07. The van der Waals surface area contributed by atoms with E-state index in [1.54, 1.807) is 7.11 Å². The number of methoxy groups -OCH3 is 1. The van der Waals surface area contributed by atoms with Crippen LogP contribution in [0, 0.1) is 0 Å². The quantitative estimate of drug-likeness (QED) is 0.833. The van der Waals surface area contributed by atoms with Crippen LogP contribution in [0.3, 0.4) is 0 Å². The first-order valence-electron chi connectivity index (χ1n) is 9.79. The van der Waals surface area contributed by atoms with Gasteiger partial charge in [0.25, 0.3) is 5.91 Å². The number of carbonyl (C=O) groups is 1. The Morgan fingerprint density at radius 2 is 1.86 bits per heavy atom. The number of fused-ring (bicyclic) bond motifs is 1. The topological polar surface area (TPSA) is 60.0 Å². The first kappa shape index (κ1) is 18.6. The number of benzene rings is 2. The average Bonchev–Trinajstić information content (AvgIpc) is 3.28. The molecule has 0 saturated carbocycles. The number of rotatable bonds is 6. The van der Waals surface area contributed by atoms with Crippen LogP contribution in [0.1, 0.15) is 24.4 Å². The van der Waals surface area contributed by atoms with Gasteiger partial charge in [0, 0.05) is 12.1 Å². The average molecular weight is 382 g/mol. The maximum absolute atomic E-state index is 12.7. The molecule has 0 spiro atoms. The fourth-order valence-electron chi connectivity index (χ4n) is 3.89. The van der Waals surface area contributed by atoms with Crippen molar-refractivity contribution in [3.05, 3.63) is 54.1 Å². The van der Waals surface area contributed by atoms with Crippen molar-refractivity contribution in [3.8, 4) is 17.2 Å². The molecule has 0 unspecified atom stereocenters. The molecule has 2 atom stereocenters. The SMILES string of the molecule is COc1ccccc1[C@@H](CNC(=O)[C@@H]1COc2ccccc2O1)N1CCCC1. The molecule has 1 amide bonds. The van der Waals surface area contributed by atoms with Gasteiger partial charge in [-0.1, -0.05) is 30.3 Å². The third-order valence-corrected chi connectivity index (χ3v) is 5.35. The van der Waals surface area contributed by atoms with Crippen molar-refractivity contribution in [3.63, 3.8) is 0 Å². The smallest absolute Gasteiger partial charge is 0.264 e. The number of nitrogens with zero attached hydrogens (tertiary/aromatic N) is 1. The lowest BCUT2D eigenvalue weighted by Crippen LogP contribution is -2.46. The lowest BCUT2D eigenvalue weighted by atomic mass is 10.0. The van der Waals surface area contributed by atoms with Crippen molar-refractivity contribution in [2.24, 2.45) is 0 Å². The number of ether oxygens (including phenoxy) is 3. The van der Waals surface area contributed by atoms with Crippen LogP contribution in [-0.4, -0.2) is 50.3 Å². The minimum Gasteiger partial charge on any atom is -0.496 e. The van der Waals surface area contributed by atoms with E-state index in [1.165, 1.54) is 12.8 Å². The van der Waals surface area contributed by atoms with Crippen molar-refractivity contribution in [1.82, 2.24) is 10.2 Å². The van der Waals surface area contributed by atoms with Gasteiger partial charge >= 0.3 is 0 Å². The maximum atomic E-state index is 12.7. The number of nitrogens with one attached hydrogen (secondary N) is 1. The Balaban J connectivity index is 1.45. The van der Waals surface area contributed by atoms with Crippen LogP contribution in [0.4, 0.5) is 0 Å².